The maximum Gasteiger partial charge on any atom is 0.125 e. The van der Waals surface area contributed by atoms with E-state index < -0.39 is 0 Å². The summed E-state index contributed by atoms with van der Waals surface area (Å²) in [5.41, 5.74) is 3.16. The fourth-order valence-corrected chi connectivity index (χ4v) is 2.49. The zero-order valence-corrected chi connectivity index (χ0v) is 11.6. The van der Waals surface area contributed by atoms with Gasteiger partial charge < -0.3 is 15.3 Å². The summed E-state index contributed by atoms with van der Waals surface area (Å²) < 4.78 is 0. The third kappa shape index (κ3) is 2.38. The van der Waals surface area contributed by atoms with E-state index in [1.54, 1.807) is 35.3 Å². The zero-order chi connectivity index (χ0) is 15.0. The van der Waals surface area contributed by atoms with Gasteiger partial charge in [0.15, 0.2) is 0 Å². The normalized spacial score (nSPS) is 13.8. The van der Waals surface area contributed by atoms with Gasteiger partial charge in [0.2, 0.25) is 0 Å². The predicted molar refractivity (Wildman–Crippen MR) is 80.9 cm³/mol. The number of phenols is 3. The molecule has 0 radical (unpaired) electrons. The average molecular weight is 284 g/mol. The molecule has 2 aromatic carbocycles. The number of phenolic OH excluding ortho intramolecular Hbond substituents is 3. The van der Waals surface area contributed by atoms with Crippen LogP contribution in [-0.4, -0.2) is 21.0 Å². The van der Waals surface area contributed by atoms with Crippen LogP contribution in [-0.2, 0) is 6.54 Å². The summed E-state index contributed by atoms with van der Waals surface area (Å²) >= 11 is 0. The van der Waals surface area contributed by atoms with E-state index in [-0.39, 0.29) is 17.2 Å². The summed E-state index contributed by atoms with van der Waals surface area (Å²) in [6.07, 6.45) is 0.685. The van der Waals surface area contributed by atoms with Gasteiger partial charge in [0.05, 0.1) is 17.9 Å². The van der Waals surface area contributed by atoms with Gasteiger partial charge in [0, 0.05) is 17.2 Å². The van der Waals surface area contributed by atoms with Crippen LogP contribution in [0, 0.1) is 0 Å². The van der Waals surface area contributed by atoms with Crippen molar-refractivity contribution in [2.75, 3.05) is 5.01 Å². The van der Waals surface area contributed by atoms with Crippen LogP contribution in [0.25, 0.3) is 0 Å². The number of benzene rings is 2. The second-order valence-corrected chi connectivity index (χ2v) is 4.97. The van der Waals surface area contributed by atoms with Gasteiger partial charge in [-0.25, -0.2) is 0 Å². The van der Waals surface area contributed by atoms with E-state index in [9.17, 15) is 15.3 Å². The molecule has 108 valence electrons. The maximum absolute atomic E-state index is 10.1. The lowest BCUT2D eigenvalue weighted by molar-refractivity contribution is 0.444. The fraction of sp³-hybridized carbons (Fsp3) is 0.188. The molecular formula is C16H16N2O3. The molecule has 0 atom stereocenters. The lowest BCUT2D eigenvalue weighted by Crippen LogP contribution is -2.25. The number of anilines is 1. The molecule has 1 aliphatic rings. The molecule has 5 nitrogen and oxygen atoms in total. The topological polar surface area (TPSA) is 76.3 Å². The molecule has 1 heterocycles. The number of hydrogen-bond donors (Lipinski definition) is 3. The Morgan fingerprint density at radius 3 is 2.43 bits per heavy atom. The van der Waals surface area contributed by atoms with E-state index in [1.165, 1.54) is 6.07 Å². The van der Waals surface area contributed by atoms with E-state index in [4.69, 9.17) is 0 Å². The summed E-state index contributed by atoms with van der Waals surface area (Å²) in [5, 5.41) is 35.4. The number of fused-ring (bicyclic) bond motifs is 1. The van der Waals surface area contributed by atoms with Gasteiger partial charge in [-0.15, -0.1) is 0 Å². The highest BCUT2D eigenvalue weighted by molar-refractivity contribution is 6.04. The van der Waals surface area contributed by atoms with Crippen molar-refractivity contribution >= 4 is 11.4 Å². The standard InChI is InChI=1S/C16H16N2O3/c1-2-15-13-7-12(20)8-16(21)14(13)9-18(17-15)10-3-5-11(19)6-4-10/h3-8,19-21H,2,9H2,1H3. The van der Waals surface area contributed by atoms with E-state index in [0.29, 0.717) is 13.0 Å². The van der Waals surface area contributed by atoms with Gasteiger partial charge in [-0.05, 0) is 36.8 Å². The Balaban J connectivity index is 2.07. The van der Waals surface area contributed by atoms with Crippen LogP contribution in [0.15, 0.2) is 41.5 Å². The molecule has 0 spiro atoms. The average Bonchev–Trinajstić information content (AvgIpc) is 2.47. The predicted octanol–water partition coefficient (Wildman–Crippen LogP) is 2.94. The van der Waals surface area contributed by atoms with Crippen LogP contribution in [0.1, 0.15) is 24.5 Å². The second kappa shape index (κ2) is 5.01. The van der Waals surface area contributed by atoms with E-state index in [0.717, 1.165) is 22.5 Å². The van der Waals surface area contributed by atoms with Crippen LogP contribution in [0.2, 0.25) is 0 Å². The SMILES string of the molecule is CCC1=NN(c2ccc(O)cc2)Cc2c(O)cc(O)cc21. The monoisotopic (exact) mass is 284 g/mol. The summed E-state index contributed by atoms with van der Waals surface area (Å²) in [5.74, 6) is 0.295. The summed E-state index contributed by atoms with van der Waals surface area (Å²) in [6, 6.07) is 9.71. The quantitative estimate of drug-likeness (QED) is 0.792. The Bertz CT molecular complexity index is 708. The molecule has 3 N–H and O–H groups in total. The molecule has 0 amide bonds. The van der Waals surface area contributed by atoms with Crippen LogP contribution in [0.5, 0.6) is 17.2 Å². The molecule has 0 saturated carbocycles. The Labute approximate surface area is 122 Å². The molecule has 21 heavy (non-hydrogen) atoms. The van der Waals surface area contributed by atoms with E-state index >= 15 is 0 Å². The van der Waals surface area contributed by atoms with Crippen LogP contribution in [0.3, 0.4) is 0 Å². The molecule has 2 aromatic rings. The highest BCUT2D eigenvalue weighted by Gasteiger charge is 2.22. The summed E-state index contributed by atoms with van der Waals surface area (Å²) in [7, 11) is 0. The lowest BCUT2D eigenvalue weighted by Gasteiger charge is -2.28. The minimum atomic E-state index is 0.0329. The lowest BCUT2D eigenvalue weighted by atomic mass is 9.98. The van der Waals surface area contributed by atoms with Gasteiger partial charge >= 0.3 is 0 Å². The first-order chi connectivity index (χ1) is 10.1. The Morgan fingerprint density at radius 1 is 1.05 bits per heavy atom. The second-order valence-electron chi connectivity index (χ2n) is 4.97. The van der Waals surface area contributed by atoms with Crippen molar-refractivity contribution in [1.29, 1.82) is 0 Å². The molecule has 0 aromatic heterocycles. The van der Waals surface area contributed by atoms with Crippen molar-refractivity contribution in [1.82, 2.24) is 0 Å². The summed E-state index contributed by atoms with van der Waals surface area (Å²) in [4.78, 5) is 0. The van der Waals surface area contributed by atoms with Crippen molar-refractivity contribution < 1.29 is 15.3 Å². The van der Waals surface area contributed by atoms with E-state index in [1.807, 2.05) is 6.92 Å². The van der Waals surface area contributed by atoms with Crippen LogP contribution >= 0.6 is 0 Å². The highest BCUT2D eigenvalue weighted by atomic mass is 16.3. The van der Waals surface area contributed by atoms with Crippen LogP contribution < -0.4 is 5.01 Å². The molecule has 0 aliphatic carbocycles. The van der Waals surface area contributed by atoms with Crippen molar-refractivity contribution in [3.8, 4) is 17.2 Å². The zero-order valence-electron chi connectivity index (χ0n) is 11.6. The molecule has 0 fully saturated rings. The molecule has 0 bridgehead atoms. The smallest absolute Gasteiger partial charge is 0.125 e. The number of rotatable bonds is 2. The minimum Gasteiger partial charge on any atom is -0.508 e. The minimum absolute atomic E-state index is 0.0329. The third-order valence-corrected chi connectivity index (χ3v) is 3.55. The van der Waals surface area contributed by atoms with Gasteiger partial charge in [-0.2, -0.15) is 5.10 Å². The first-order valence-electron chi connectivity index (χ1n) is 6.77. The molecule has 0 unspecified atom stereocenters. The van der Waals surface area contributed by atoms with Gasteiger partial charge in [-0.3, -0.25) is 5.01 Å². The Morgan fingerprint density at radius 2 is 1.76 bits per heavy atom. The molecule has 1 aliphatic heterocycles. The summed E-state index contributed by atoms with van der Waals surface area (Å²) in [6.45, 7) is 2.39. The van der Waals surface area contributed by atoms with Gasteiger partial charge in [0.25, 0.3) is 0 Å². The maximum atomic E-state index is 10.1. The number of hydrazone groups is 1. The molecule has 0 saturated heterocycles. The first kappa shape index (κ1) is 13.3. The van der Waals surface area contributed by atoms with Crippen molar-refractivity contribution in [2.45, 2.75) is 19.9 Å². The van der Waals surface area contributed by atoms with Crippen molar-refractivity contribution in [2.24, 2.45) is 5.10 Å². The highest BCUT2D eigenvalue weighted by Crippen LogP contribution is 2.34. The number of aromatic hydroxyl groups is 3. The van der Waals surface area contributed by atoms with Crippen molar-refractivity contribution in [3.05, 3.63) is 47.5 Å². The first-order valence-corrected chi connectivity index (χ1v) is 6.77. The van der Waals surface area contributed by atoms with Gasteiger partial charge in [0.1, 0.15) is 17.2 Å². The van der Waals surface area contributed by atoms with Gasteiger partial charge in [-0.1, -0.05) is 6.92 Å². The molecular weight excluding hydrogens is 268 g/mol. The van der Waals surface area contributed by atoms with Crippen molar-refractivity contribution in [3.63, 3.8) is 0 Å². The Kier molecular flexibility index (Phi) is 3.17. The number of nitrogens with zero attached hydrogens (tertiary/aromatic N) is 2. The Hall–Kier alpha value is -2.69. The third-order valence-electron chi connectivity index (χ3n) is 3.55. The molecule has 3 rings (SSSR count). The number of hydrogen-bond acceptors (Lipinski definition) is 5. The fourth-order valence-electron chi connectivity index (χ4n) is 2.49. The largest absolute Gasteiger partial charge is 0.508 e. The van der Waals surface area contributed by atoms with E-state index in [2.05, 4.69) is 5.10 Å². The molecule has 5 heteroatoms. The van der Waals surface area contributed by atoms with Crippen LogP contribution in [0.4, 0.5) is 5.69 Å².